The normalized spacial score (nSPS) is 18.1. The van der Waals surface area contributed by atoms with E-state index in [1.807, 2.05) is 0 Å². The van der Waals surface area contributed by atoms with Gasteiger partial charge >= 0.3 is 6.18 Å². The number of hydrogen-bond donors (Lipinski definition) is 0. The highest BCUT2D eigenvalue weighted by atomic mass is 19.4. The van der Waals surface area contributed by atoms with Crippen LogP contribution in [0.5, 0.6) is 0 Å². The molecule has 0 radical (unpaired) electrons. The molecule has 4 nitrogen and oxygen atoms in total. The second-order valence-corrected chi connectivity index (χ2v) is 4.67. The van der Waals surface area contributed by atoms with Crippen LogP contribution in [-0.4, -0.2) is 42.1 Å². The summed E-state index contributed by atoms with van der Waals surface area (Å²) in [6, 6.07) is 5.92. The number of nitrogens with zero attached hydrogens (tertiary/aromatic N) is 1. The lowest BCUT2D eigenvalue weighted by molar-refractivity contribution is -0.263. The first-order valence-electron chi connectivity index (χ1n) is 5.78. The van der Waals surface area contributed by atoms with Crippen LogP contribution in [0, 0.1) is 0 Å². The molecule has 0 bridgehead atoms. The number of carbonyl (C=O) groups is 2. The van der Waals surface area contributed by atoms with Crippen molar-refractivity contribution in [1.82, 2.24) is 4.90 Å². The van der Waals surface area contributed by atoms with Crippen molar-refractivity contribution in [3.8, 4) is 0 Å². The molecule has 20 heavy (non-hydrogen) atoms. The number of fused-ring (bicyclic) bond motifs is 1. The van der Waals surface area contributed by atoms with Gasteiger partial charge in [0.05, 0.1) is 17.7 Å². The summed E-state index contributed by atoms with van der Waals surface area (Å²) < 4.78 is 43.4. The Morgan fingerprint density at radius 1 is 1.10 bits per heavy atom. The van der Waals surface area contributed by atoms with E-state index in [2.05, 4.69) is 4.74 Å². The summed E-state index contributed by atoms with van der Waals surface area (Å²) in [5.41, 5.74) is -2.38. The standard InChI is InChI=1S/C13H12F3NO3/c1-12(20-2,13(14,15)16)7-17-10(18)8-5-3-4-6-9(8)11(17)19/h3-6H,7H2,1-2H3. The molecule has 2 rings (SSSR count). The predicted octanol–water partition coefficient (Wildman–Crippen LogP) is 2.25. The molecule has 1 aromatic carbocycles. The average molecular weight is 287 g/mol. The molecular weight excluding hydrogens is 275 g/mol. The molecule has 1 heterocycles. The minimum absolute atomic E-state index is 0.109. The van der Waals surface area contributed by atoms with E-state index in [0.29, 0.717) is 4.90 Å². The first-order chi connectivity index (χ1) is 9.21. The van der Waals surface area contributed by atoms with Gasteiger partial charge in [0, 0.05) is 7.11 Å². The minimum atomic E-state index is -4.70. The Kier molecular flexibility index (Phi) is 3.33. The Bertz CT molecular complexity index is 535. The molecule has 2 amide bonds. The van der Waals surface area contributed by atoms with E-state index in [1.165, 1.54) is 12.1 Å². The van der Waals surface area contributed by atoms with Crippen LogP contribution in [-0.2, 0) is 4.74 Å². The van der Waals surface area contributed by atoms with Crippen molar-refractivity contribution >= 4 is 11.8 Å². The van der Waals surface area contributed by atoms with Crippen molar-refractivity contribution in [3.05, 3.63) is 35.4 Å². The molecule has 0 aromatic heterocycles. The van der Waals surface area contributed by atoms with Gasteiger partial charge in [0.25, 0.3) is 11.8 Å². The number of methoxy groups -OCH3 is 1. The van der Waals surface area contributed by atoms with Crippen LogP contribution in [0.3, 0.4) is 0 Å². The van der Waals surface area contributed by atoms with E-state index in [9.17, 15) is 22.8 Å². The molecule has 7 heteroatoms. The molecule has 0 saturated heterocycles. The van der Waals surface area contributed by atoms with Gasteiger partial charge in [0.2, 0.25) is 0 Å². The Hall–Kier alpha value is -1.89. The summed E-state index contributed by atoms with van der Waals surface area (Å²) in [5, 5.41) is 0. The van der Waals surface area contributed by atoms with Crippen LogP contribution in [0.15, 0.2) is 24.3 Å². The quantitative estimate of drug-likeness (QED) is 0.801. The Morgan fingerprint density at radius 2 is 1.55 bits per heavy atom. The van der Waals surface area contributed by atoms with Crippen LogP contribution >= 0.6 is 0 Å². The van der Waals surface area contributed by atoms with E-state index >= 15 is 0 Å². The van der Waals surface area contributed by atoms with Crippen LogP contribution in [0.1, 0.15) is 27.6 Å². The van der Waals surface area contributed by atoms with E-state index in [-0.39, 0.29) is 11.1 Å². The number of alkyl halides is 3. The number of carbonyl (C=O) groups excluding carboxylic acids is 2. The third kappa shape index (κ3) is 2.07. The van der Waals surface area contributed by atoms with Crippen molar-refractivity contribution in [2.24, 2.45) is 0 Å². The summed E-state index contributed by atoms with van der Waals surface area (Å²) in [6.45, 7) is -0.0735. The third-order valence-electron chi connectivity index (χ3n) is 3.39. The topological polar surface area (TPSA) is 46.6 Å². The fraction of sp³-hybridized carbons (Fsp3) is 0.385. The lowest BCUT2D eigenvalue weighted by Crippen LogP contribution is -2.54. The number of rotatable bonds is 3. The molecule has 1 unspecified atom stereocenters. The summed E-state index contributed by atoms with van der Waals surface area (Å²) >= 11 is 0. The molecule has 0 N–H and O–H groups in total. The van der Waals surface area contributed by atoms with Gasteiger partial charge < -0.3 is 4.74 Å². The van der Waals surface area contributed by atoms with E-state index in [4.69, 9.17) is 0 Å². The molecule has 1 aromatic rings. The van der Waals surface area contributed by atoms with Gasteiger partial charge in [0.1, 0.15) is 0 Å². The number of benzene rings is 1. The fourth-order valence-corrected chi connectivity index (χ4v) is 1.95. The highest BCUT2D eigenvalue weighted by Gasteiger charge is 2.55. The van der Waals surface area contributed by atoms with Gasteiger partial charge in [-0.05, 0) is 19.1 Å². The van der Waals surface area contributed by atoms with Gasteiger partial charge in [-0.25, -0.2) is 0 Å². The maximum atomic E-state index is 13.0. The van der Waals surface area contributed by atoms with Crippen molar-refractivity contribution < 1.29 is 27.5 Å². The average Bonchev–Trinajstić information content (AvgIpc) is 2.63. The maximum Gasteiger partial charge on any atom is 0.418 e. The number of imide groups is 1. The first kappa shape index (κ1) is 14.5. The molecule has 108 valence electrons. The van der Waals surface area contributed by atoms with Crippen molar-refractivity contribution in [2.45, 2.75) is 18.7 Å². The fourth-order valence-electron chi connectivity index (χ4n) is 1.95. The summed E-state index contributed by atoms with van der Waals surface area (Å²) in [7, 11) is 0.895. The second-order valence-electron chi connectivity index (χ2n) is 4.67. The highest BCUT2D eigenvalue weighted by Crippen LogP contribution is 2.35. The lowest BCUT2D eigenvalue weighted by atomic mass is 10.1. The highest BCUT2D eigenvalue weighted by molar-refractivity contribution is 6.21. The Labute approximate surface area is 113 Å². The summed E-state index contributed by atoms with van der Waals surface area (Å²) in [5.74, 6) is -1.48. The third-order valence-corrected chi connectivity index (χ3v) is 3.39. The summed E-state index contributed by atoms with van der Waals surface area (Å²) in [4.78, 5) is 24.6. The zero-order valence-electron chi connectivity index (χ0n) is 10.8. The van der Waals surface area contributed by atoms with E-state index < -0.39 is 30.1 Å². The molecule has 0 spiro atoms. The smallest absolute Gasteiger partial charge is 0.367 e. The molecule has 1 aliphatic rings. The Balaban J connectivity index is 2.33. The lowest BCUT2D eigenvalue weighted by Gasteiger charge is -2.33. The van der Waals surface area contributed by atoms with Crippen LogP contribution in [0.25, 0.3) is 0 Å². The number of ether oxygens (including phenoxy) is 1. The van der Waals surface area contributed by atoms with Crippen molar-refractivity contribution in [3.63, 3.8) is 0 Å². The van der Waals surface area contributed by atoms with Gasteiger partial charge in [-0.15, -0.1) is 0 Å². The second kappa shape index (κ2) is 4.59. The van der Waals surface area contributed by atoms with Crippen molar-refractivity contribution in [1.29, 1.82) is 0 Å². The van der Waals surface area contributed by atoms with Crippen LogP contribution in [0.2, 0.25) is 0 Å². The molecule has 0 saturated carbocycles. The summed E-state index contributed by atoms with van der Waals surface area (Å²) in [6.07, 6.45) is -4.70. The van der Waals surface area contributed by atoms with E-state index in [0.717, 1.165) is 14.0 Å². The van der Waals surface area contributed by atoms with Gasteiger partial charge in [-0.3, -0.25) is 14.5 Å². The number of amides is 2. The minimum Gasteiger partial charge on any atom is -0.367 e. The Morgan fingerprint density at radius 3 is 1.90 bits per heavy atom. The van der Waals surface area contributed by atoms with Crippen LogP contribution in [0.4, 0.5) is 13.2 Å². The SMILES string of the molecule is COC(C)(CN1C(=O)c2ccccc2C1=O)C(F)(F)F. The number of halogens is 3. The van der Waals surface area contributed by atoms with Crippen LogP contribution < -0.4 is 0 Å². The maximum absolute atomic E-state index is 13.0. The predicted molar refractivity (Wildman–Crippen MR) is 63.3 cm³/mol. The molecule has 0 fully saturated rings. The first-order valence-corrected chi connectivity index (χ1v) is 5.78. The zero-order valence-corrected chi connectivity index (χ0v) is 10.8. The number of hydrogen-bond acceptors (Lipinski definition) is 3. The van der Waals surface area contributed by atoms with Gasteiger partial charge in [-0.2, -0.15) is 13.2 Å². The largest absolute Gasteiger partial charge is 0.418 e. The molecular formula is C13H12F3NO3. The van der Waals surface area contributed by atoms with E-state index in [1.54, 1.807) is 12.1 Å². The monoisotopic (exact) mass is 287 g/mol. The van der Waals surface area contributed by atoms with Crippen molar-refractivity contribution in [2.75, 3.05) is 13.7 Å². The molecule has 1 atom stereocenters. The molecule has 0 aliphatic carbocycles. The zero-order chi connectivity index (χ0) is 15.1. The van der Waals surface area contributed by atoms with Gasteiger partial charge in [0.15, 0.2) is 5.60 Å². The molecule has 1 aliphatic heterocycles. The van der Waals surface area contributed by atoms with Gasteiger partial charge in [-0.1, -0.05) is 12.1 Å².